The topological polar surface area (TPSA) is 64.6 Å². The molecule has 0 saturated heterocycles. The number of benzene rings is 2. The predicted molar refractivity (Wildman–Crippen MR) is 87.5 cm³/mol. The van der Waals surface area contributed by atoms with Crippen molar-refractivity contribution in [2.45, 2.75) is 24.3 Å². The van der Waals surface area contributed by atoms with Crippen molar-refractivity contribution in [3.63, 3.8) is 0 Å². The van der Waals surface area contributed by atoms with Crippen molar-refractivity contribution in [2.24, 2.45) is 0 Å². The summed E-state index contributed by atoms with van der Waals surface area (Å²) in [4.78, 5) is 0.152. The van der Waals surface area contributed by atoms with Crippen LogP contribution in [0.1, 0.15) is 11.1 Å². The van der Waals surface area contributed by atoms with Gasteiger partial charge in [0.15, 0.2) is 0 Å². The van der Waals surface area contributed by atoms with Gasteiger partial charge in [0.1, 0.15) is 23.0 Å². The Morgan fingerprint density at radius 3 is 2.78 bits per heavy atom. The number of para-hydroxylation sites is 1. The van der Waals surface area contributed by atoms with Crippen LogP contribution in [0.25, 0.3) is 0 Å². The van der Waals surface area contributed by atoms with Gasteiger partial charge in [-0.1, -0.05) is 24.3 Å². The molecular formula is C17H19NO4S. The summed E-state index contributed by atoms with van der Waals surface area (Å²) >= 11 is 0. The van der Waals surface area contributed by atoms with Gasteiger partial charge in [0.2, 0.25) is 10.0 Å². The second kappa shape index (κ2) is 6.22. The van der Waals surface area contributed by atoms with E-state index in [0.717, 1.165) is 16.9 Å². The van der Waals surface area contributed by atoms with Crippen LogP contribution in [0.2, 0.25) is 0 Å². The molecule has 1 unspecified atom stereocenters. The van der Waals surface area contributed by atoms with Gasteiger partial charge >= 0.3 is 0 Å². The van der Waals surface area contributed by atoms with Crippen LogP contribution in [0.3, 0.4) is 0 Å². The molecule has 23 heavy (non-hydrogen) atoms. The lowest BCUT2D eigenvalue weighted by molar-refractivity contribution is 0.254. The first kappa shape index (κ1) is 15.8. The largest absolute Gasteiger partial charge is 0.495 e. The minimum atomic E-state index is -3.68. The average Bonchev–Trinajstić information content (AvgIpc) is 2.54. The highest BCUT2D eigenvalue weighted by Crippen LogP contribution is 2.27. The Bertz CT molecular complexity index is 817. The van der Waals surface area contributed by atoms with Crippen LogP contribution in [-0.2, 0) is 16.4 Å². The Morgan fingerprint density at radius 2 is 2.00 bits per heavy atom. The lowest BCUT2D eigenvalue weighted by Crippen LogP contribution is -2.42. The van der Waals surface area contributed by atoms with E-state index in [1.54, 1.807) is 12.1 Å². The summed E-state index contributed by atoms with van der Waals surface area (Å²) in [6.45, 7) is 2.16. The number of nitrogens with one attached hydrogen (secondary N) is 1. The number of ether oxygens (including phenoxy) is 2. The van der Waals surface area contributed by atoms with Crippen molar-refractivity contribution in [2.75, 3.05) is 13.7 Å². The molecule has 122 valence electrons. The van der Waals surface area contributed by atoms with E-state index in [2.05, 4.69) is 4.72 Å². The zero-order valence-corrected chi connectivity index (χ0v) is 13.9. The molecule has 0 spiro atoms. The lowest BCUT2D eigenvalue weighted by atomic mass is 10.0. The van der Waals surface area contributed by atoms with Gasteiger partial charge < -0.3 is 9.47 Å². The van der Waals surface area contributed by atoms with E-state index in [4.69, 9.17) is 9.47 Å². The van der Waals surface area contributed by atoms with E-state index < -0.39 is 10.0 Å². The second-order valence-electron chi connectivity index (χ2n) is 5.60. The highest BCUT2D eigenvalue weighted by Gasteiger charge is 2.27. The monoisotopic (exact) mass is 333 g/mol. The number of hydrogen-bond donors (Lipinski definition) is 1. The van der Waals surface area contributed by atoms with Crippen molar-refractivity contribution < 1.29 is 17.9 Å². The third-order valence-corrected chi connectivity index (χ3v) is 5.35. The molecule has 0 fully saturated rings. The SMILES string of the molecule is COc1ccc(C)cc1S(=O)(=O)NC1COc2ccccc2C1. The summed E-state index contributed by atoms with van der Waals surface area (Å²) in [5.41, 5.74) is 1.86. The predicted octanol–water partition coefficient (Wildman–Crippen LogP) is 2.29. The molecule has 2 aromatic rings. The van der Waals surface area contributed by atoms with E-state index >= 15 is 0 Å². The van der Waals surface area contributed by atoms with Crippen molar-refractivity contribution in [3.05, 3.63) is 53.6 Å². The maximum atomic E-state index is 12.7. The quantitative estimate of drug-likeness (QED) is 0.932. The maximum absolute atomic E-state index is 12.7. The number of aryl methyl sites for hydroxylation is 1. The zero-order valence-electron chi connectivity index (χ0n) is 13.1. The van der Waals surface area contributed by atoms with Crippen LogP contribution in [0.15, 0.2) is 47.4 Å². The Balaban J connectivity index is 1.84. The number of rotatable bonds is 4. The smallest absolute Gasteiger partial charge is 0.244 e. The molecule has 1 heterocycles. The minimum absolute atomic E-state index is 0.152. The van der Waals surface area contributed by atoms with Crippen molar-refractivity contribution in [1.82, 2.24) is 4.72 Å². The van der Waals surface area contributed by atoms with E-state index in [9.17, 15) is 8.42 Å². The van der Waals surface area contributed by atoms with E-state index in [0.29, 0.717) is 18.8 Å². The van der Waals surface area contributed by atoms with Crippen LogP contribution in [-0.4, -0.2) is 28.2 Å². The molecule has 0 amide bonds. The molecule has 0 aromatic heterocycles. The third kappa shape index (κ3) is 3.33. The number of fused-ring (bicyclic) bond motifs is 1. The van der Waals surface area contributed by atoms with Crippen molar-refractivity contribution in [3.8, 4) is 11.5 Å². The Labute approximate surface area is 136 Å². The first-order valence-electron chi connectivity index (χ1n) is 7.37. The fourth-order valence-electron chi connectivity index (χ4n) is 2.68. The van der Waals surface area contributed by atoms with Gasteiger partial charge in [-0.15, -0.1) is 0 Å². The fraction of sp³-hybridized carbons (Fsp3) is 0.294. The number of sulfonamides is 1. The summed E-state index contributed by atoms with van der Waals surface area (Å²) in [5, 5.41) is 0. The standard InChI is InChI=1S/C17H19NO4S/c1-12-7-8-16(21-2)17(9-12)23(19,20)18-14-10-13-5-3-4-6-15(13)22-11-14/h3-9,14,18H,10-11H2,1-2H3. The molecule has 3 rings (SSSR count). The summed E-state index contributed by atoms with van der Waals surface area (Å²) in [6, 6.07) is 12.4. The third-order valence-electron chi connectivity index (χ3n) is 3.81. The molecule has 1 atom stereocenters. The van der Waals surface area contributed by atoms with Gasteiger partial charge in [-0.25, -0.2) is 13.1 Å². The molecule has 6 heteroatoms. The molecule has 0 bridgehead atoms. The van der Waals surface area contributed by atoms with Gasteiger partial charge in [-0.05, 0) is 42.7 Å². The molecule has 0 aliphatic carbocycles. The molecule has 0 saturated carbocycles. The van der Waals surface area contributed by atoms with Crippen LogP contribution in [0.5, 0.6) is 11.5 Å². The molecule has 2 aromatic carbocycles. The molecule has 1 aliphatic heterocycles. The van der Waals surface area contributed by atoms with Crippen LogP contribution in [0.4, 0.5) is 0 Å². The summed E-state index contributed by atoms with van der Waals surface area (Å²) < 4.78 is 38.9. The molecular weight excluding hydrogens is 314 g/mol. The first-order chi connectivity index (χ1) is 11.0. The highest BCUT2D eigenvalue weighted by atomic mass is 32.2. The van der Waals surface area contributed by atoms with Crippen molar-refractivity contribution >= 4 is 10.0 Å². The Hall–Kier alpha value is -2.05. The molecule has 1 aliphatic rings. The second-order valence-corrected chi connectivity index (χ2v) is 7.28. The van der Waals surface area contributed by atoms with E-state index in [-0.39, 0.29) is 10.9 Å². The van der Waals surface area contributed by atoms with Crippen LogP contribution in [0, 0.1) is 6.92 Å². The highest BCUT2D eigenvalue weighted by molar-refractivity contribution is 7.89. The lowest BCUT2D eigenvalue weighted by Gasteiger charge is -2.26. The normalized spacial score (nSPS) is 17.2. The zero-order chi connectivity index (χ0) is 16.4. The van der Waals surface area contributed by atoms with E-state index in [1.165, 1.54) is 7.11 Å². The van der Waals surface area contributed by atoms with Gasteiger partial charge in [-0.2, -0.15) is 0 Å². The Kier molecular flexibility index (Phi) is 4.28. The van der Waals surface area contributed by atoms with Gasteiger partial charge in [0.05, 0.1) is 13.2 Å². The maximum Gasteiger partial charge on any atom is 0.244 e. The summed E-state index contributed by atoms with van der Waals surface area (Å²) in [7, 11) is -2.22. The van der Waals surface area contributed by atoms with Crippen LogP contribution < -0.4 is 14.2 Å². The number of hydrogen-bond acceptors (Lipinski definition) is 4. The molecule has 0 radical (unpaired) electrons. The van der Waals surface area contributed by atoms with Crippen molar-refractivity contribution in [1.29, 1.82) is 0 Å². The number of methoxy groups -OCH3 is 1. The summed E-state index contributed by atoms with van der Waals surface area (Å²) in [5.74, 6) is 1.15. The van der Waals surface area contributed by atoms with Gasteiger partial charge in [-0.3, -0.25) is 0 Å². The van der Waals surface area contributed by atoms with E-state index in [1.807, 2.05) is 37.3 Å². The molecule has 1 N–H and O–H groups in total. The first-order valence-corrected chi connectivity index (χ1v) is 8.85. The van der Waals surface area contributed by atoms with Gasteiger partial charge in [0, 0.05) is 0 Å². The average molecular weight is 333 g/mol. The molecule has 5 nitrogen and oxygen atoms in total. The minimum Gasteiger partial charge on any atom is -0.495 e. The summed E-state index contributed by atoms with van der Waals surface area (Å²) in [6.07, 6.45) is 0.601. The Morgan fingerprint density at radius 1 is 1.22 bits per heavy atom. The van der Waals surface area contributed by atoms with Gasteiger partial charge in [0.25, 0.3) is 0 Å². The van der Waals surface area contributed by atoms with Crippen LogP contribution >= 0.6 is 0 Å². The fourth-order valence-corrected chi connectivity index (χ4v) is 4.15.